The van der Waals surface area contributed by atoms with E-state index in [2.05, 4.69) is 0 Å². The van der Waals surface area contributed by atoms with Crippen LogP contribution < -0.4 is 4.74 Å². The van der Waals surface area contributed by atoms with Crippen molar-refractivity contribution in [3.63, 3.8) is 0 Å². The smallest absolute Gasteiger partial charge is 0.401 e. The van der Waals surface area contributed by atoms with E-state index in [0.717, 1.165) is 18.4 Å². The number of ether oxygens (including phenoxy) is 1. The molecule has 0 radical (unpaired) electrons. The number of hydrogen-bond acceptors (Lipinski definition) is 2. The number of alkyl halides is 2. The lowest BCUT2D eigenvalue weighted by Gasteiger charge is -2.42. The quantitative estimate of drug-likeness (QED) is 0.734. The highest BCUT2D eigenvalue weighted by Crippen LogP contribution is 2.55. The van der Waals surface area contributed by atoms with E-state index in [1.807, 2.05) is 20.8 Å². The minimum Gasteiger partial charge on any atom is -0.508 e. The zero-order chi connectivity index (χ0) is 15.4. The Kier molecular flexibility index (Phi) is 3.19. The Labute approximate surface area is 124 Å². The van der Waals surface area contributed by atoms with E-state index >= 15 is 0 Å². The van der Waals surface area contributed by atoms with Gasteiger partial charge in [-0.1, -0.05) is 33.6 Å². The van der Waals surface area contributed by atoms with Gasteiger partial charge in [0.05, 0.1) is 5.92 Å². The number of rotatable bonds is 0. The average Bonchev–Trinajstić information content (AvgIpc) is 2.36. The van der Waals surface area contributed by atoms with Gasteiger partial charge in [-0.25, -0.2) is 0 Å². The van der Waals surface area contributed by atoms with Crippen LogP contribution in [0.2, 0.25) is 0 Å². The van der Waals surface area contributed by atoms with Crippen molar-refractivity contribution in [1.29, 1.82) is 0 Å². The van der Waals surface area contributed by atoms with E-state index in [0.29, 0.717) is 18.4 Å². The molecule has 2 nitrogen and oxygen atoms in total. The fourth-order valence-corrected chi connectivity index (χ4v) is 3.60. The fourth-order valence-electron chi connectivity index (χ4n) is 3.60. The molecule has 2 atom stereocenters. The molecule has 4 heteroatoms. The molecule has 0 aromatic heterocycles. The third-order valence-electron chi connectivity index (χ3n) is 4.80. The van der Waals surface area contributed by atoms with Crippen LogP contribution in [0.25, 0.3) is 0 Å². The van der Waals surface area contributed by atoms with Crippen molar-refractivity contribution in [1.82, 2.24) is 0 Å². The Morgan fingerprint density at radius 3 is 2.52 bits per heavy atom. The molecular weight excluding hydrogens is 274 g/mol. The highest BCUT2D eigenvalue weighted by atomic mass is 19.3. The lowest BCUT2D eigenvalue weighted by atomic mass is 9.72. The van der Waals surface area contributed by atoms with Gasteiger partial charge in [-0.15, -0.1) is 0 Å². The van der Waals surface area contributed by atoms with Crippen molar-refractivity contribution in [3.05, 3.63) is 23.3 Å². The first-order valence-electron chi connectivity index (χ1n) is 7.64. The summed E-state index contributed by atoms with van der Waals surface area (Å²) in [5, 5.41) is 10.4. The summed E-state index contributed by atoms with van der Waals surface area (Å²) in [7, 11) is 0. The number of aromatic hydroxyl groups is 1. The molecule has 116 valence electrons. The summed E-state index contributed by atoms with van der Waals surface area (Å²) in [6, 6.07) is 3.38. The van der Waals surface area contributed by atoms with Gasteiger partial charge in [-0.3, -0.25) is 0 Å². The van der Waals surface area contributed by atoms with Gasteiger partial charge in [0.25, 0.3) is 0 Å². The highest BCUT2D eigenvalue weighted by molar-refractivity contribution is 5.52. The van der Waals surface area contributed by atoms with Crippen LogP contribution >= 0.6 is 0 Å². The van der Waals surface area contributed by atoms with Crippen LogP contribution in [0.3, 0.4) is 0 Å². The molecule has 0 amide bonds. The van der Waals surface area contributed by atoms with E-state index in [-0.39, 0.29) is 22.8 Å². The molecule has 1 fully saturated rings. The molecule has 1 N–H and O–H groups in total. The van der Waals surface area contributed by atoms with Gasteiger partial charge >= 0.3 is 6.11 Å². The molecule has 3 rings (SSSR count). The van der Waals surface area contributed by atoms with Gasteiger partial charge in [-0.05, 0) is 36.0 Å². The van der Waals surface area contributed by atoms with Gasteiger partial charge in [0.2, 0.25) is 0 Å². The Balaban J connectivity index is 2.13. The van der Waals surface area contributed by atoms with Crippen molar-refractivity contribution in [2.45, 2.75) is 63.9 Å². The molecule has 1 aliphatic heterocycles. The molecule has 0 bridgehead atoms. The summed E-state index contributed by atoms with van der Waals surface area (Å²) in [6.07, 6.45) is -0.259. The second kappa shape index (κ2) is 4.59. The number of halogens is 2. The van der Waals surface area contributed by atoms with Gasteiger partial charge in [0.15, 0.2) is 0 Å². The first-order valence-corrected chi connectivity index (χ1v) is 7.64. The molecule has 1 aromatic rings. The number of benzene rings is 1. The second-order valence-electron chi connectivity index (χ2n) is 7.32. The summed E-state index contributed by atoms with van der Waals surface area (Å²) in [4.78, 5) is 0. The predicted octanol–water partition coefficient (Wildman–Crippen LogP) is 4.95. The maximum Gasteiger partial charge on any atom is 0.401 e. The van der Waals surface area contributed by atoms with Gasteiger partial charge in [0, 0.05) is 11.5 Å². The minimum absolute atomic E-state index is 0.102. The Hall–Kier alpha value is -1.32. The lowest BCUT2D eigenvalue weighted by molar-refractivity contribution is -0.236. The number of fused-ring (bicyclic) bond motifs is 3. The standard InChI is InChI=1S/C17H22F2O2/c1-16(2,3)10-8-13(20)15-11-6-4-5-7-12(11)17(18,19)21-14(15)9-10/h8-9,11-12,20H,4-7H2,1-3H3. The van der Waals surface area contributed by atoms with E-state index in [9.17, 15) is 13.9 Å². The summed E-state index contributed by atoms with van der Waals surface area (Å²) in [5.41, 5.74) is 1.16. The van der Waals surface area contributed by atoms with Crippen LogP contribution in [0.4, 0.5) is 8.78 Å². The van der Waals surface area contributed by atoms with Crippen LogP contribution in [-0.2, 0) is 5.41 Å². The first kappa shape index (κ1) is 14.6. The molecule has 21 heavy (non-hydrogen) atoms. The molecule has 2 aliphatic rings. The maximum absolute atomic E-state index is 14.3. The number of phenols is 1. The molecule has 0 spiro atoms. The van der Waals surface area contributed by atoms with Gasteiger partial charge in [0.1, 0.15) is 11.5 Å². The largest absolute Gasteiger partial charge is 0.508 e. The molecule has 2 unspecified atom stereocenters. The Morgan fingerprint density at radius 1 is 1.19 bits per heavy atom. The third kappa shape index (κ3) is 2.39. The van der Waals surface area contributed by atoms with Crippen molar-refractivity contribution in [3.8, 4) is 11.5 Å². The number of phenolic OH excluding ortho intramolecular Hbond substituents is 1. The Bertz CT molecular complexity index is 561. The normalized spacial score (nSPS) is 27.5. The average molecular weight is 296 g/mol. The lowest BCUT2D eigenvalue weighted by Crippen LogP contribution is -2.43. The van der Waals surface area contributed by atoms with Crippen LogP contribution in [0, 0.1) is 5.92 Å². The zero-order valence-electron chi connectivity index (χ0n) is 12.7. The fraction of sp³-hybridized carbons (Fsp3) is 0.647. The Morgan fingerprint density at radius 2 is 1.86 bits per heavy atom. The topological polar surface area (TPSA) is 29.5 Å². The van der Waals surface area contributed by atoms with Crippen LogP contribution in [-0.4, -0.2) is 11.2 Å². The van der Waals surface area contributed by atoms with Gasteiger partial charge < -0.3 is 9.84 Å². The second-order valence-corrected chi connectivity index (χ2v) is 7.32. The summed E-state index contributed by atoms with van der Waals surface area (Å²) in [6.45, 7) is 5.95. The zero-order valence-corrected chi connectivity index (χ0v) is 12.7. The predicted molar refractivity (Wildman–Crippen MR) is 77.1 cm³/mol. The minimum atomic E-state index is -3.14. The van der Waals surface area contributed by atoms with Gasteiger partial charge in [-0.2, -0.15) is 8.78 Å². The molecule has 1 saturated carbocycles. The molecule has 1 aromatic carbocycles. The summed E-state index contributed by atoms with van der Waals surface area (Å²) in [5.74, 6) is -0.852. The monoisotopic (exact) mass is 296 g/mol. The van der Waals surface area contributed by atoms with E-state index in [4.69, 9.17) is 4.74 Å². The maximum atomic E-state index is 14.3. The number of hydrogen-bond donors (Lipinski definition) is 1. The first-order chi connectivity index (χ1) is 9.70. The SMILES string of the molecule is CC(C)(C)c1cc(O)c2c(c1)OC(F)(F)C1CCCCC21. The van der Waals surface area contributed by atoms with E-state index in [1.165, 1.54) is 0 Å². The van der Waals surface area contributed by atoms with Crippen LogP contribution in [0.1, 0.15) is 63.5 Å². The molecule has 1 heterocycles. The summed E-state index contributed by atoms with van der Waals surface area (Å²) >= 11 is 0. The van der Waals surface area contributed by atoms with Crippen LogP contribution in [0.15, 0.2) is 12.1 Å². The van der Waals surface area contributed by atoms with Crippen molar-refractivity contribution < 1.29 is 18.6 Å². The molecule has 1 aliphatic carbocycles. The van der Waals surface area contributed by atoms with Crippen LogP contribution in [0.5, 0.6) is 11.5 Å². The van der Waals surface area contributed by atoms with E-state index < -0.39 is 12.0 Å². The van der Waals surface area contributed by atoms with Crippen molar-refractivity contribution >= 4 is 0 Å². The highest BCUT2D eigenvalue weighted by Gasteiger charge is 2.53. The van der Waals surface area contributed by atoms with Crippen molar-refractivity contribution in [2.24, 2.45) is 5.92 Å². The molecule has 0 saturated heterocycles. The van der Waals surface area contributed by atoms with E-state index in [1.54, 1.807) is 12.1 Å². The summed E-state index contributed by atoms with van der Waals surface area (Å²) < 4.78 is 33.6. The third-order valence-corrected chi connectivity index (χ3v) is 4.80. The molecular formula is C17H22F2O2. The van der Waals surface area contributed by atoms with Crippen molar-refractivity contribution in [2.75, 3.05) is 0 Å².